The molecule has 7 nitrogen and oxygen atoms in total. The summed E-state index contributed by atoms with van der Waals surface area (Å²) < 4.78 is 7.77. The second-order valence-electron chi connectivity index (χ2n) is 5.76. The number of hydrogen-bond acceptors (Lipinski definition) is 5. The number of carbonyl (C=O) groups is 1. The molecule has 2 N–H and O–H groups in total. The normalized spacial score (nSPS) is 21.2. The van der Waals surface area contributed by atoms with Gasteiger partial charge in [-0.05, 0) is 26.7 Å². The van der Waals surface area contributed by atoms with Crippen LogP contribution in [-0.4, -0.2) is 33.2 Å². The van der Waals surface area contributed by atoms with Gasteiger partial charge in [0, 0.05) is 19.7 Å². The topological polar surface area (TPSA) is 81.1 Å². The predicted octanol–water partition coefficient (Wildman–Crippen LogP) is 2.54. The van der Waals surface area contributed by atoms with E-state index < -0.39 is 0 Å². The van der Waals surface area contributed by atoms with Crippen molar-refractivity contribution in [2.75, 3.05) is 11.9 Å². The van der Waals surface area contributed by atoms with Crippen LogP contribution in [0.15, 0.2) is 12.5 Å². The molecule has 0 saturated carbocycles. The SMILES string of the molecule is Cc1nc(C)c(NC(=O)N[C@H]2CCO[C@H](c3cncn3C)C2)s1. The van der Waals surface area contributed by atoms with E-state index in [4.69, 9.17) is 4.74 Å². The molecule has 1 aliphatic heterocycles. The number of amides is 2. The lowest BCUT2D eigenvalue weighted by Crippen LogP contribution is -2.42. The molecule has 2 aromatic heterocycles. The molecule has 0 bridgehead atoms. The lowest BCUT2D eigenvalue weighted by atomic mass is 10.0. The van der Waals surface area contributed by atoms with Crippen molar-refractivity contribution < 1.29 is 9.53 Å². The Hall–Kier alpha value is -1.93. The quantitative estimate of drug-likeness (QED) is 0.903. The summed E-state index contributed by atoms with van der Waals surface area (Å²) in [5.74, 6) is 0. The van der Waals surface area contributed by atoms with E-state index in [1.165, 1.54) is 11.3 Å². The second kappa shape index (κ2) is 6.67. The minimum Gasteiger partial charge on any atom is -0.372 e. The Morgan fingerprint density at radius 2 is 2.30 bits per heavy atom. The van der Waals surface area contributed by atoms with Gasteiger partial charge in [-0.3, -0.25) is 5.32 Å². The summed E-state index contributed by atoms with van der Waals surface area (Å²) in [6.45, 7) is 4.45. The van der Waals surface area contributed by atoms with Crippen LogP contribution in [-0.2, 0) is 11.8 Å². The van der Waals surface area contributed by atoms with Gasteiger partial charge in [0.25, 0.3) is 0 Å². The van der Waals surface area contributed by atoms with E-state index in [9.17, 15) is 4.79 Å². The molecule has 1 fully saturated rings. The van der Waals surface area contributed by atoms with Crippen LogP contribution < -0.4 is 10.6 Å². The zero-order valence-corrected chi connectivity index (χ0v) is 14.3. The molecule has 8 heteroatoms. The first-order valence-corrected chi connectivity index (χ1v) is 8.44. The molecule has 0 spiro atoms. The minimum atomic E-state index is -0.188. The summed E-state index contributed by atoms with van der Waals surface area (Å²) in [7, 11) is 1.95. The zero-order valence-electron chi connectivity index (χ0n) is 13.5. The van der Waals surface area contributed by atoms with Crippen LogP contribution in [0, 0.1) is 13.8 Å². The first kappa shape index (κ1) is 15.9. The van der Waals surface area contributed by atoms with Crippen LogP contribution in [0.5, 0.6) is 0 Å². The van der Waals surface area contributed by atoms with E-state index in [2.05, 4.69) is 20.6 Å². The number of imidazole rings is 1. The summed E-state index contributed by atoms with van der Waals surface area (Å²) in [6, 6.07) is -0.106. The molecule has 3 rings (SSSR count). The van der Waals surface area contributed by atoms with Crippen LogP contribution >= 0.6 is 11.3 Å². The number of anilines is 1. The Morgan fingerprint density at radius 3 is 2.96 bits per heavy atom. The number of nitrogens with zero attached hydrogens (tertiary/aromatic N) is 3. The van der Waals surface area contributed by atoms with Crippen LogP contribution in [0.2, 0.25) is 0 Å². The highest BCUT2D eigenvalue weighted by Crippen LogP contribution is 2.28. The van der Waals surface area contributed by atoms with E-state index >= 15 is 0 Å². The van der Waals surface area contributed by atoms with E-state index in [-0.39, 0.29) is 18.2 Å². The molecular weight excluding hydrogens is 314 g/mol. The fraction of sp³-hybridized carbons (Fsp3) is 0.533. The number of ether oxygens (including phenoxy) is 1. The monoisotopic (exact) mass is 335 g/mol. The second-order valence-corrected chi connectivity index (χ2v) is 6.96. The summed E-state index contributed by atoms with van der Waals surface area (Å²) in [6.07, 6.45) is 5.10. The Labute approximate surface area is 139 Å². The lowest BCUT2D eigenvalue weighted by molar-refractivity contribution is -0.00151. The molecule has 1 saturated heterocycles. The highest BCUT2D eigenvalue weighted by atomic mass is 32.1. The van der Waals surface area contributed by atoms with Gasteiger partial charge < -0.3 is 14.6 Å². The number of carbonyl (C=O) groups excluding carboxylic acids is 1. The lowest BCUT2D eigenvalue weighted by Gasteiger charge is -2.30. The van der Waals surface area contributed by atoms with Crippen molar-refractivity contribution in [2.24, 2.45) is 7.05 Å². The maximum Gasteiger partial charge on any atom is 0.320 e. The smallest absolute Gasteiger partial charge is 0.320 e. The molecule has 2 amide bonds. The van der Waals surface area contributed by atoms with Crippen LogP contribution in [0.25, 0.3) is 0 Å². The molecule has 2 atom stereocenters. The van der Waals surface area contributed by atoms with Gasteiger partial charge in [-0.1, -0.05) is 0 Å². The minimum absolute atomic E-state index is 0.0334. The number of hydrogen-bond donors (Lipinski definition) is 2. The highest BCUT2D eigenvalue weighted by Gasteiger charge is 2.27. The third-order valence-electron chi connectivity index (χ3n) is 3.93. The first-order chi connectivity index (χ1) is 11.0. The average molecular weight is 335 g/mol. The number of thiazole rings is 1. The van der Waals surface area contributed by atoms with Gasteiger partial charge in [0.15, 0.2) is 0 Å². The molecule has 0 aliphatic carbocycles. The number of aryl methyl sites for hydroxylation is 3. The van der Waals surface area contributed by atoms with Crippen molar-refractivity contribution in [2.45, 2.75) is 38.8 Å². The number of nitrogens with one attached hydrogen (secondary N) is 2. The van der Waals surface area contributed by atoms with Crippen molar-refractivity contribution in [1.82, 2.24) is 19.9 Å². The van der Waals surface area contributed by atoms with Crippen LogP contribution in [0.4, 0.5) is 9.80 Å². The molecule has 1 aliphatic rings. The van der Waals surface area contributed by atoms with Gasteiger partial charge in [0.2, 0.25) is 0 Å². The third-order valence-corrected chi connectivity index (χ3v) is 4.92. The molecule has 2 aromatic rings. The fourth-order valence-corrected chi connectivity index (χ4v) is 3.60. The largest absolute Gasteiger partial charge is 0.372 e. The maximum absolute atomic E-state index is 12.2. The number of urea groups is 1. The van der Waals surface area contributed by atoms with E-state index in [0.29, 0.717) is 6.61 Å². The average Bonchev–Trinajstić information content (AvgIpc) is 3.05. The molecule has 0 aromatic carbocycles. The van der Waals surface area contributed by atoms with E-state index in [1.807, 2.05) is 31.7 Å². The summed E-state index contributed by atoms with van der Waals surface area (Å²) in [5, 5.41) is 7.67. The Kier molecular flexibility index (Phi) is 4.63. The first-order valence-electron chi connectivity index (χ1n) is 7.62. The van der Waals surface area contributed by atoms with E-state index in [0.717, 1.165) is 34.2 Å². The van der Waals surface area contributed by atoms with Crippen LogP contribution in [0.3, 0.4) is 0 Å². The van der Waals surface area contributed by atoms with Gasteiger partial charge in [0.05, 0.1) is 28.9 Å². The van der Waals surface area contributed by atoms with Gasteiger partial charge in [-0.2, -0.15) is 0 Å². The highest BCUT2D eigenvalue weighted by molar-refractivity contribution is 7.16. The van der Waals surface area contributed by atoms with Crippen molar-refractivity contribution >= 4 is 22.4 Å². The van der Waals surface area contributed by atoms with E-state index in [1.54, 1.807) is 6.33 Å². The summed E-state index contributed by atoms with van der Waals surface area (Å²) in [4.78, 5) is 20.6. The molecule has 0 radical (unpaired) electrons. The molecule has 23 heavy (non-hydrogen) atoms. The molecule has 0 unspecified atom stereocenters. The van der Waals surface area contributed by atoms with Crippen molar-refractivity contribution in [3.63, 3.8) is 0 Å². The van der Waals surface area contributed by atoms with Crippen LogP contribution in [0.1, 0.15) is 35.3 Å². The Balaban J connectivity index is 1.58. The van der Waals surface area contributed by atoms with Gasteiger partial charge in [-0.15, -0.1) is 11.3 Å². The summed E-state index contributed by atoms with van der Waals surface area (Å²) >= 11 is 1.49. The van der Waals surface area contributed by atoms with Crippen molar-refractivity contribution in [1.29, 1.82) is 0 Å². The van der Waals surface area contributed by atoms with Crippen molar-refractivity contribution in [3.05, 3.63) is 28.9 Å². The van der Waals surface area contributed by atoms with Gasteiger partial charge in [-0.25, -0.2) is 14.8 Å². The Morgan fingerprint density at radius 1 is 1.48 bits per heavy atom. The van der Waals surface area contributed by atoms with Gasteiger partial charge in [0.1, 0.15) is 11.1 Å². The fourth-order valence-electron chi connectivity index (χ4n) is 2.78. The molecular formula is C15H21N5O2S. The number of rotatable bonds is 3. The third kappa shape index (κ3) is 3.70. The zero-order chi connectivity index (χ0) is 16.4. The molecule has 124 valence electrons. The molecule has 3 heterocycles. The number of aromatic nitrogens is 3. The van der Waals surface area contributed by atoms with Crippen molar-refractivity contribution in [3.8, 4) is 0 Å². The maximum atomic E-state index is 12.2. The van der Waals surface area contributed by atoms with Gasteiger partial charge >= 0.3 is 6.03 Å². The predicted molar refractivity (Wildman–Crippen MR) is 88.7 cm³/mol. The standard InChI is InChI=1S/C15H21N5O2S/c1-9-14(23-10(2)17-9)19-15(21)18-11-4-5-22-13(6-11)12-7-16-8-20(12)3/h7-8,11,13H,4-6H2,1-3H3,(H2,18,19,21)/t11-,13-/m0/s1. The summed E-state index contributed by atoms with van der Waals surface area (Å²) in [5.41, 5.74) is 1.88. The Bertz CT molecular complexity index is 696.